The van der Waals surface area contributed by atoms with E-state index in [1.54, 1.807) is 31.2 Å². The van der Waals surface area contributed by atoms with Gasteiger partial charge in [0.2, 0.25) is 5.91 Å². The van der Waals surface area contributed by atoms with Crippen LogP contribution in [0.15, 0.2) is 105 Å². The Morgan fingerprint density at radius 1 is 1.00 bits per heavy atom. The van der Waals surface area contributed by atoms with Gasteiger partial charge in [-0.1, -0.05) is 64.1 Å². The highest BCUT2D eigenvalue weighted by atomic mass is 79.9. The molecule has 3 aromatic carbocycles. The molecule has 198 valence electrons. The number of ether oxygens (including phenoxy) is 1. The van der Waals surface area contributed by atoms with Gasteiger partial charge in [0.25, 0.3) is 5.91 Å². The molecule has 2 amide bonds. The van der Waals surface area contributed by atoms with Crippen LogP contribution < -0.4 is 20.7 Å². The Hall–Kier alpha value is -4.00. The zero-order valence-electron chi connectivity index (χ0n) is 21.5. The van der Waals surface area contributed by atoms with E-state index in [0.717, 1.165) is 4.47 Å². The fraction of sp³-hybridized carbons (Fsp3) is 0.167. The Bertz CT molecular complexity index is 1460. The van der Waals surface area contributed by atoms with E-state index in [-0.39, 0.29) is 17.6 Å². The number of thioether (sulfide) groups is 1. The molecular formula is C30H27BrN4O3S. The summed E-state index contributed by atoms with van der Waals surface area (Å²) in [5.41, 5.74) is 3.36. The molecule has 1 heterocycles. The minimum atomic E-state index is -0.695. The minimum absolute atomic E-state index is 0.0717. The second kappa shape index (κ2) is 13.2. The number of rotatable bonds is 9. The maximum absolute atomic E-state index is 13.6. The van der Waals surface area contributed by atoms with Gasteiger partial charge < -0.3 is 20.7 Å². The van der Waals surface area contributed by atoms with Gasteiger partial charge in [-0.05, 0) is 56.3 Å². The van der Waals surface area contributed by atoms with Gasteiger partial charge in [0.1, 0.15) is 5.75 Å². The molecule has 1 aliphatic heterocycles. The normalized spacial score (nSPS) is 14.8. The van der Waals surface area contributed by atoms with Gasteiger partial charge in [-0.2, -0.15) is 5.26 Å². The van der Waals surface area contributed by atoms with Gasteiger partial charge in [-0.15, -0.1) is 0 Å². The van der Waals surface area contributed by atoms with Crippen LogP contribution in [0.4, 0.5) is 11.4 Å². The van der Waals surface area contributed by atoms with Crippen LogP contribution >= 0.6 is 27.7 Å². The van der Waals surface area contributed by atoms with Crippen molar-refractivity contribution in [2.75, 3.05) is 23.0 Å². The van der Waals surface area contributed by atoms with E-state index in [0.29, 0.717) is 51.2 Å². The van der Waals surface area contributed by atoms with E-state index < -0.39 is 5.92 Å². The smallest absolute Gasteiger partial charge is 0.254 e. The summed E-state index contributed by atoms with van der Waals surface area (Å²) in [7, 11) is 0. The third kappa shape index (κ3) is 6.91. The van der Waals surface area contributed by atoms with Crippen LogP contribution in [0.5, 0.6) is 5.75 Å². The molecule has 0 spiro atoms. The number of halogens is 1. The minimum Gasteiger partial charge on any atom is -0.494 e. The van der Waals surface area contributed by atoms with Crippen molar-refractivity contribution in [3.8, 4) is 11.8 Å². The van der Waals surface area contributed by atoms with Crippen molar-refractivity contribution in [2.24, 2.45) is 0 Å². The zero-order valence-corrected chi connectivity index (χ0v) is 23.9. The summed E-state index contributed by atoms with van der Waals surface area (Å²) >= 11 is 4.60. The number of amides is 2. The lowest BCUT2D eigenvalue weighted by Gasteiger charge is -2.30. The second-order valence-corrected chi connectivity index (χ2v) is 10.5. The van der Waals surface area contributed by atoms with Gasteiger partial charge in [0.15, 0.2) is 0 Å². The fourth-order valence-corrected chi connectivity index (χ4v) is 5.39. The first-order valence-electron chi connectivity index (χ1n) is 12.3. The average Bonchev–Trinajstić information content (AvgIpc) is 2.93. The standard InChI is InChI=1S/C30H27BrN4O3S/c1-3-38-25-12-8-7-11-23(25)28-24(17-32)30(39-18-26(36)34-22-15-13-20(31)14-16-22)33-19(2)27(28)29(37)35-21-9-5-4-6-10-21/h4-16,28,33H,3,18H2,1-2H3,(H,34,36)(H,35,37)/t28-/m1/s1. The number of para-hydroxylation sites is 2. The Balaban J connectivity index is 1.67. The third-order valence-electron chi connectivity index (χ3n) is 5.93. The number of carbonyl (C=O) groups excluding carboxylic acids is 2. The molecule has 9 heteroatoms. The molecule has 4 rings (SSSR count). The lowest BCUT2D eigenvalue weighted by molar-refractivity contribution is -0.114. The summed E-state index contributed by atoms with van der Waals surface area (Å²) in [6.07, 6.45) is 0. The van der Waals surface area contributed by atoms with Crippen molar-refractivity contribution in [1.82, 2.24) is 5.32 Å². The van der Waals surface area contributed by atoms with Gasteiger partial charge in [0.05, 0.1) is 34.9 Å². The van der Waals surface area contributed by atoms with Gasteiger partial charge in [-0.3, -0.25) is 9.59 Å². The van der Waals surface area contributed by atoms with Crippen molar-refractivity contribution >= 4 is 50.9 Å². The lowest BCUT2D eigenvalue weighted by Crippen LogP contribution is -2.31. The fourth-order valence-electron chi connectivity index (χ4n) is 4.23. The van der Waals surface area contributed by atoms with Crippen molar-refractivity contribution in [2.45, 2.75) is 19.8 Å². The topological polar surface area (TPSA) is 103 Å². The third-order valence-corrected chi connectivity index (χ3v) is 7.48. The molecule has 3 aromatic rings. The molecule has 39 heavy (non-hydrogen) atoms. The number of carbonyl (C=O) groups is 2. The molecule has 0 saturated heterocycles. The first-order valence-corrected chi connectivity index (χ1v) is 14.1. The molecule has 0 radical (unpaired) electrons. The molecule has 7 nitrogen and oxygen atoms in total. The highest BCUT2D eigenvalue weighted by molar-refractivity contribution is 9.10. The number of hydrogen-bond donors (Lipinski definition) is 3. The molecule has 0 aromatic heterocycles. The Kier molecular flexibility index (Phi) is 9.47. The molecule has 1 atom stereocenters. The lowest BCUT2D eigenvalue weighted by atomic mass is 9.81. The van der Waals surface area contributed by atoms with Crippen LogP contribution in [0.3, 0.4) is 0 Å². The van der Waals surface area contributed by atoms with Crippen molar-refractivity contribution in [1.29, 1.82) is 5.26 Å². The molecule has 3 N–H and O–H groups in total. The highest BCUT2D eigenvalue weighted by Crippen LogP contribution is 2.44. The summed E-state index contributed by atoms with van der Waals surface area (Å²) in [5, 5.41) is 19.9. The molecule has 0 fully saturated rings. The summed E-state index contributed by atoms with van der Waals surface area (Å²) in [5.74, 6) is -0.571. The van der Waals surface area contributed by atoms with E-state index in [2.05, 4.69) is 37.9 Å². The van der Waals surface area contributed by atoms with Gasteiger partial charge in [-0.25, -0.2) is 0 Å². The number of allylic oxidation sites excluding steroid dienone is 2. The SMILES string of the molecule is CCOc1ccccc1[C@@H]1C(C#N)=C(SCC(=O)Nc2ccc(Br)cc2)NC(C)=C1C(=O)Nc1ccccc1. The van der Waals surface area contributed by atoms with E-state index in [9.17, 15) is 14.9 Å². The summed E-state index contributed by atoms with van der Waals surface area (Å²) in [6.45, 7) is 4.11. The highest BCUT2D eigenvalue weighted by Gasteiger charge is 2.36. The second-order valence-electron chi connectivity index (χ2n) is 8.59. The predicted octanol–water partition coefficient (Wildman–Crippen LogP) is 6.55. The van der Waals surface area contributed by atoms with E-state index >= 15 is 0 Å². The first kappa shape index (κ1) is 28.0. The number of nitrogens with one attached hydrogen (secondary N) is 3. The number of nitrogens with zero attached hydrogens (tertiary/aromatic N) is 1. The zero-order chi connectivity index (χ0) is 27.8. The molecule has 0 saturated carbocycles. The first-order chi connectivity index (χ1) is 18.9. The maximum atomic E-state index is 13.6. The van der Waals surface area contributed by atoms with Crippen LogP contribution in [0.1, 0.15) is 25.3 Å². The molecule has 0 aliphatic carbocycles. The maximum Gasteiger partial charge on any atom is 0.254 e. The molecular weight excluding hydrogens is 576 g/mol. The summed E-state index contributed by atoms with van der Waals surface area (Å²) in [4.78, 5) is 26.3. The Morgan fingerprint density at radius 2 is 1.67 bits per heavy atom. The summed E-state index contributed by atoms with van der Waals surface area (Å²) < 4.78 is 6.81. The summed E-state index contributed by atoms with van der Waals surface area (Å²) in [6, 6.07) is 26.2. The van der Waals surface area contributed by atoms with Gasteiger partial charge >= 0.3 is 0 Å². The Morgan fingerprint density at radius 3 is 2.36 bits per heavy atom. The van der Waals surface area contributed by atoms with E-state index in [1.165, 1.54) is 11.8 Å². The Labute approximate surface area is 240 Å². The van der Waals surface area contributed by atoms with E-state index in [4.69, 9.17) is 4.74 Å². The largest absolute Gasteiger partial charge is 0.494 e. The number of anilines is 2. The van der Waals surface area contributed by atoms with Crippen LogP contribution in [0, 0.1) is 11.3 Å². The van der Waals surface area contributed by atoms with Crippen molar-refractivity contribution < 1.29 is 14.3 Å². The quantitative estimate of drug-likeness (QED) is 0.256. The van der Waals surface area contributed by atoms with Crippen LogP contribution in [-0.4, -0.2) is 24.2 Å². The van der Waals surface area contributed by atoms with Crippen molar-refractivity contribution in [3.63, 3.8) is 0 Å². The van der Waals surface area contributed by atoms with Crippen LogP contribution in [0.25, 0.3) is 0 Å². The monoisotopic (exact) mass is 602 g/mol. The predicted molar refractivity (Wildman–Crippen MR) is 159 cm³/mol. The number of hydrogen-bond acceptors (Lipinski definition) is 6. The van der Waals surface area contributed by atoms with Gasteiger partial charge in [0, 0.05) is 32.7 Å². The molecule has 0 bridgehead atoms. The van der Waals surface area contributed by atoms with Crippen molar-refractivity contribution in [3.05, 3.63) is 111 Å². The molecule has 1 aliphatic rings. The number of benzene rings is 3. The van der Waals surface area contributed by atoms with Crippen LogP contribution in [0.2, 0.25) is 0 Å². The number of nitriles is 1. The number of dihydropyridines is 1. The molecule has 0 unspecified atom stereocenters. The van der Waals surface area contributed by atoms with E-state index in [1.807, 2.05) is 61.5 Å². The average molecular weight is 604 g/mol. The van der Waals surface area contributed by atoms with Crippen LogP contribution in [-0.2, 0) is 9.59 Å².